The Labute approximate surface area is 129 Å². The van der Waals surface area contributed by atoms with Crippen LogP contribution in [-0.2, 0) is 10.0 Å². The zero-order valence-electron chi connectivity index (χ0n) is 10.8. The molecule has 0 aliphatic rings. The van der Waals surface area contributed by atoms with Crippen LogP contribution < -0.4 is 10.5 Å². The van der Waals surface area contributed by atoms with Gasteiger partial charge in [-0.1, -0.05) is 6.07 Å². The standard InChI is InChI=1S/C13H11BrF2N2O2S/c1-7-2-3-11(10(15)4-7)18-21(19,20)12-6-8(17)5-9(14)13(12)16/h2-6,18H,17H2,1H3. The maximum absolute atomic E-state index is 13.9. The molecular weight excluding hydrogens is 366 g/mol. The average molecular weight is 377 g/mol. The molecule has 21 heavy (non-hydrogen) atoms. The van der Waals surface area contributed by atoms with Gasteiger partial charge in [-0.05, 0) is 52.7 Å². The molecule has 0 aromatic heterocycles. The van der Waals surface area contributed by atoms with Crippen molar-refractivity contribution in [2.24, 2.45) is 0 Å². The van der Waals surface area contributed by atoms with Gasteiger partial charge in [0.25, 0.3) is 10.0 Å². The Balaban J connectivity index is 2.48. The summed E-state index contributed by atoms with van der Waals surface area (Å²) >= 11 is 2.88. The highest BCUT2D eigenvalue weighted by Gasteiger charge is 2.23. The van der Waals surface area contributed by atoms with E-state index in [9.17, 15) is 17.2 Å². The van der Waals surface area contributed by atoms with Crippen molar-refractivity contribution >= 4 is 37.3 Å². The van der Waals surface area contributed by atoms with Gasteiger partial charge < -0.3 is 5.73 Å². The molecule has 0 aliphatic heterocycles. The van der Waals surface area contributed by atoms with Crippen LogP contribution in [0.15, 0.2) is 39.7 Å². The largest absolute Gasteiger partial charge is 0.399 e. The van der Waals surface area contributed by atoms with Crippen LogP contribution in [-0.4, -0.2) is 8.42 Å². The lowest BCUT2D eigenvalue weighted by molar-refractivity contribution is 0.566. The lowest BCUT2D eigenvalue weighted by Crippen LogP contribution is -2.16. The normalized spacial score (nSPS) is 11.4. The molecule has 4 nitrogen and oxygen atoms in total. The summed E-state index contributed by atoms with van der Waals surface area (Å²) in [4.78, 5) is -0.658. The highest BCUT2D eigenvalue weighted by molar-refractivity contribution is 9.10. The smallest absolute Gasteiger partial charge is 0.265 e. The Bertz CT molecular complexity index is 810. The summed E-state index contributed by atoms with van der Waals surface area (Å²) in [5, 5.41) is 0. The van der Waals surface area contributed by atoms with Crippen molar-refractivity contribution in [3.05, 3.63) is 52.0 Å². The van der Waals surface area contributed by atoms with E-state index >= 15 is 0 Å². The minimum atomic E-state index is -4.30. The lowest BCUT2D eigenvalue weighted by atomic mass is 10.2. The van der Waals surface area contributed by atoms with Crippen LogP contribution in [0.2, 0.25) is 0 Å². The van der Waals surface area contributed by atoms with Crippen molar-refractivity contribution in [1.29, 1.82) is 0 Å². The number of nitrogens with two attached hydrogens (primary N) is 1. The topological polar surface area (TPSA) is 72.2 Å². The minimum absolute atomic E-state index is 0.0630. The van der Waals surface area contributed by atoms with Gasteiger partial charge in [-0.2, -0.15) is 0 Å². The van der Waals surface area contributed by atoms with Crippen molar-refractivity contribution in [3.8, 4) is 0 Å². The second-order valence-corrected chi connectivity index (χ2v) is 6.91. The van der Waals surface area contributed by atoms with Crippen LogP contribution in [0.25, 0.3) is 0 Å². The minimum Gasteiger partial charge on any atom is -0.399 e. The van der Waals surface area contributed by atoms with Gasteiger partial charge >= 0.3 is 0 Å². The molecule has 0 radical (unpaired) electrons. The molecule has 2 aromatic carbocycles. The molecular formula is C13H11BrF2N2O2S. The maximum Gasteiger partial charge on any atom is 0.265 e. The van der Waals surface area contributed by atoms with Crippen LogP contribution in [0.4, 0.5) is 20.2 Å². The van der Waals surface area contributed by atoms with Crippen LogP contribution in [0.1, 0.15) is 5.56 Å². The van der Waals surface area contributed by atoms with Crippen molar-refractivity contribution in [3.63, 3.8) is 0 Å². The fourth-order valence-corrected chi connectivity index (χ4v) is 3.49. The fraction of sp³-hybridized carbons (Fsp3) is 0.0769. The molecule has 3 N–H and O–H groups in total. The van der Waals surface area contributed by atoms with Gasteiger partial charge in [0, 0.05) is 5.69 Å². The predicted molar refractivity (Wildman–Crippen MR) is 80.5 cm³/mol. The third-order valence-corrected chi connectivity index (χ3v) is 4.62. The van der Waals surface area contributed by atoms with Crippen molar-refractivity contribution in [1.82, 2.24) is 0 Å². The third kappa shape index (κ3) is 3.33. The number of hydrogen-bond donors (Lipinski definition) is 2. The summed E-state index contributed by atoms with van der Waals surface area (Å²) < 4.78 is 53.9. The Kier molecular flexibility index (Phi) is 4.20. The molecule has 0 amide bonds. The number of halogens is 3. The summed E-state index contributed by atoms with van der Waals surface area (Å²) in [5.41, 5.74) is 5.94. The second kappa shape index (κ2) is 5.61. The van der Waals surface area contributed by atoms with Gasteiger partial charge in [-0.25, -0.2) is 17.2 Å². The number of sulfonamides is 1. The lowest BCUT2D eigenvalue weighted by Gasteiger charge is -2.11. The molecule has 0 fully saturated rings. The number of nitrogen functional groups attached to an aromatic ring is 1. The zero-order chi connectivity index (χ0) is 15.8. The van der Waals surface area contributed by atoms with E-state index in [0.717, 1.165) is 6.07 Å². The van der Waals surface area contributed by atoms with E-state index in [1.54, 1.807) is 6.92 Å². The van der Waals surface area contributed by atoms with E-state index in [1.165, 1.54) is 24.3 Å². The molecule has 112 valence electrons. The number of benzene rings is 2. The molecule has 2 rings (SSSR count). The second-order valence-electron chi connectivity index (χ2n) is 4.40. The van der Waals surface area contributed by atoms with Gasteiger partial charge in [-0.15, -0.1) is 0 Å². The SMILES string of the molecule is Cc1ccc(NS(=O)(=O)c2cc(N)cc(Br)c2F)c(F)c1. The number of aryl methyl sites for hydroxylation is 1. The Morgan fingerprint density at radius 1 is 1.19 bits per heavy atom. The Morgan fingerprint density at radius 2 is 1.86 bits per heavy atom. The monoisotopic (exact) mass is 376 g/mol. The summed E-state index contributed by atoms with van der Waals surface area (Å²) in [5.74, 6) is -1.74. The molecule has 0 saturated carbocycles. The van der Waals surface area contributed by atoms with E-state index < -0.39 is 26.6 Å². The molecule has 0 saturated heterocycles. The molecule has 0 unspecified atom stereocenters. The maximum atomic E-state index is 13.9. The van der Waals surface area contributed by atoms with E-state index in [2.05, 4.69) is 15.9 Å². The molecule has 0 bridgehead atoms. The third-order valence-electron chi connectivity index (χ3n) is 2.68. The van der Waals surface area contributed by atoms with E-state index in [4.69, 9.17) is 5.73 Å². The van der Waals surface area contributed by atoms with Crippen LogP contribution >= 0.6 is 15.9 Å². The van der Waals surface area contributed by atoms with Gasteiger partial charge in [-0.3, -0.25) is 4.72 Å². The Morgan fingerprint density at radius 3 is 2.48 bits per heavy atom. The zero-order valence-corrected chi connectivity index (χ0v) is 13.2. The summed E-state index contributed by atoms with van der Waals surface area (Å²) in [6.45, 7) is 1.66. The first-order valence-corrected chi connectivity index (χ1v) is 8.02. The van der Waals surface area contributed by atoms with Crippen molar-refractivity contribution in [2.45, 2.75) is 11.8 Å². The number of hydrogen-bond acceptors (Lipinski definition) is 3. The molecule has 8 heteroatoms. The van der Waals surface area contributed by atoms with Crippen LogP contribution in [0, 0.1) is 18.6 Å². The highest BCUT2D eigenvalue weighted by atomic mass is 79.9. The summed E-state index contributed by atoms with van der Waals surface area (Å²) in [6.07, 6.45) is 0. The molecule has 0 spiro atoms. The quantitative estimate of drug-likeness (QED) is 0.806. The molecule has 0 aliphatic carbocycles. The summed E-state index contributed by atoms with van der Waals surface area (Å²) in [7, 11) is -4.30. The molecule has 0 heterocycles. The first-order chi connectivity index (χ1) is 9.70. The van der Waals surface area contributed by atoms with Gasteiger partial charge in [0.2, 0.25) is 0 Å². The number of rotatable bonds is 3. The van der Waals surface area contributed by atoms with Crippen molar-refractivity contribution in [2.75, 3.05) is 10.5 Å². The Hall–Kier alpha value is -1.67. The average Bonchev–Trinajstić information content (AvgIpc) is 2.37. The van der Waals surface area contributed by atoms with Crippen molar-refractivity contribution < 1.29 is 17.2 Å². The van der Waals surface area contributed by atoms with E-state index in [1.807, 2.05) is 4.72 Å². The van der Waals surface area contributed by atoms with Gasteiger partial charge in [0.05, 0.1) is 10.2 Å². The molecule has 2 aromatic rings. The van der Waals surface area contributed by atoms with Crippen LogP contribution in [0.3, 0.4) is 0 Å². The number of anilines is 2. The predicted octanol–water partition coefficient (Wildman–Crippen LogP) is 3.42. The van der Waals surface area contributed by atoms with Gasteiger partial charge in [0.15, 0.2) is 5.82 Å². The van der Waals surface area contributed by atoms with Crippen LogP contribution in [0.5, 0.6) is 0 Å². The van der Waals surface area contributed by atoms with Gasteiger partial charge in [0.1, 0.15) is 10.7 Å². The first kappa shape index (κ1) is 15.7. The number of nitrogens with one attached hydrogen (secondary N) is 1. The van der Waals surface area contributed by atoms with E-state index in [0.29, 0.717) is 5.56 Å². The first-order valence-electron chi connectivity index (χ1n) is 5.74. The summed E-state index contributed by atoms with van der Waals surface area (Å²) in [6, 6.07) is 6.17. The molecule has 0 atom stereocenters. The van der Waals surface area contributed by atoms with E-state index in [-0.39, 0.29) is 15.8 Å². The fourth-order valence-electron chi connectivity index (χ4n) is 1.68. The highest BCUT2D eigenvalue weighted by Crippen LogP contribution is 2.28.